The van der Waals surface area contributed by atoms with Gasteiger partial charge in [-0.25, -0.2) is 9.59 Å². The number of carbonyl (C=O) groups is 2. The maximum atomic E-state index is 11.7. The topological polar surface area (TPSA) is 68.4 Å². The van der Waals surface area contributed by atoms with Crippen LogP contribution in [0.3, 0.4) is 0 Å². The molecule has 1 N–H and O–H groups in total. The van der Waals surface area contributed by atoms with E-state index in [1.807, 2.05) is 30.3 Å². The molecule has 0 saturated carbocycles. The zero-order chi connectivity index (χ0) is 14.4. The number of aromatic amines is 1. The van der Waals surface area contributed by atoms with Crippen molar-refractivity contribution in [3.63, 3.8) is 0 Å². The Kier molecular flexibility index (Phi) is 2.35. The number of hydrogen-bond donors (Lipinski definition) is 1. The minimum Gasteiger partial charge on any atom is -0.419 e. The third kappa shape index (κ3) is 1.79. The van der Waals surface area contributed by atoms with Gasteiger partial charge in [-0.15, -0.1) is 0 Å². The van der Waals surface area contributed by atoms with Crippen LogP contribution in [0.2, 0.25) is 0 Å². The lowest BCUT2D eigenvalue weighted by molar-refractivity contribution is -0.133. The second kappa shape index (κ2) is 4.21. The molecule has 0 unspecified atom stereocenters. The van der Waals surface area contributed by atoms with E-state index in [0.717, 1.165) is 28.4 Å². The summed E-state index contributed by atoms with van der Waals surface area (Å²) in [5.41, 5.74) is 1.55. The first-order valence-corrected chi connectivity index (χ1v) is 6.37. The van der Waals surface area contributed by atoms with Crippen molar-refractivity contribution in [1.82, 2.24) is 4.98 Å². The number of nitrogens with one attached hydrogen (secondary N) is 1. The van der Waals surface area contributed by atoms with Gasteiger partial charge in [-0.3, -0.25) is 0 Å². The van der Waals surface area contributed by atoms with Crippen LogP contribution in [0.15, 0.2) is 48.6 Å². The van der Waals surface area contributed by atoms with Crippen molar-refractivity contribution < 1.29 is 19.1 Å². The average molecular weight is 279 g/mol. The summed E-state index contributed by atoms with van der Waals surface area (Å²) in [6.07, 6.45) is 2.09. The fourth-order valence-corrected chi connectivity index (χ4v) is 2.47. The van der Waals surface area contributed by atoms with Gasteiger partial charge in [-0.1, -0.05) is 18.2 Å². The van der Waals surface area contributed by atoms with Crippen LogP contribution in [0.4, 0.5) is 0 Å². The van der Waals surface area contributed by atoms with Crippen LogP contribution in [0, 0.1) is 0 Å². The lowest BCUT2D eigenvalue weighted by Crippen LogP contribution is -2.13. The zero-order valence-corrected chi connectivity index (χ0v) is 10.8. The molecule has 0 fully saturated rings. The maximum absolute atomic E-state index is 11.7. The molecule has 4 rings (SSSR count). The number of benzene rings is 2. The lowest BCUT2D eigenvalue weighted by atomic mass is 10.1. The molecule has 0 aliphatic carbocycles. The number of fused-ring (bicyclic) bond motifs is 5. The number of rotatable bonds is 0. The molecule has 0 amide bonds. The van der Waals surface area contributed by atoms with Crippen LogP contribution < -0.4 is 9.47 Å². The highest BCUT2D eigenvalue weighted by atomic mass is 16.6. The van der Waals surface area contributed by atoms with E-state index in [-0.39, 0.29) is 11.5 Å². The number of ether oxygens (including phenoxy) is 2. The van der Waals surface area contributed by atoms with Gasteiger partial charge in [-0.05, 0) is 18.2 Å². The number of esters is 2. The van der Waals surface area contributed by atoms with E-state index >= 15 is 0 Å². The number of H-pyrrole nitrogens is 1. The predicted octanol–water partition coefficient (Wildman–Crippen LogP) is 2.70. The van der Waals surface area contributed by atoms with E-state index in [9.17, 15) is 9.59 Å². The highest BCUT2D eigenvalue weighted by Crippen LogP contribution is 2.39. The molecule has 1 aliphatic heterocycles. The Labute approximate surface area is 118 Å². The Morgan fingerprint density at radius 2 is 1.57 bits per heavy atom. The number of para-hydroxylation sites is 1. The monoisotopic (exact) mass is 279 g/mol. The van der Waals surface area contributed by atoms with Crippen LogP contribution in [-0.2, 0) is 9.59 Å². The van der Waals surface area contributed by atoms with Gasteiger partial charge in [-0.2, -0.15) is 0 Å². The first-order chi connectivity index (χ1) is 10.2. The van der Waals surface area contributed by atoms with Crippen molar-refractivity contribution in [2.45, 2.75) is 0 Å². The van der Waals surface area contributed by atoms with Gasteiger partial charge in [0.2, 0.25) is 0 Å². The molecule has 5 heteroatoms. The van der Waals surface area contributed by atoms with E-state index in [1.54, 1.807) is 6.07 Å². The third-order valence-corrected chi connectivity index (χ3v) is 3.37. The fraction of sp³-hybridized carbons (Fsp3) is 0. The molecule has 21 heavy (non-hydrogen) atoms. The van der Waals surface area contributed by atoms with E-state index < -0.39 is 11.9 Å². The van der Waals surface area contributed by atoms with Crippen LogP contribution in [0.1, 0.15) is 0 Å². The van der Waals surface area contributed by atoms with Crippen molar-refractivity contribution in [1.29, 1.82) is 0 Å². The van der Waals surface area contributed by atoms with Crippen LogP contribution in [0.25, 0.3) is 21.8 Å². The van der Waals surface area contributed by atoms with Gasteiger partial charge in [0.1, 0.15) is 0 Å². The molecule has 2 aromatic carbocycles. The summed E-state index contributed by atoms with van der Waals surface area (Å²) in [7, 11) is 0. The molecule has 3 aromatic rings. The molecule has 102 valence electrons. The van der Waals surface area contributed by atoms with Crippen molar-refractivity contribution >= 4 is 33.7 Å². The summed E-state index contributed by atoms with van der Waals surface area (Å²) in [5, 5.41) is 1.91. The SMILES string of the molecule is O=C1/C=C\C(=O)Oc2c(ccc3c2[nH]c2ccccc23)O1. The Hall–Kier alpha value is -3.08. The third-order valence-electron chi connectivity index (χ3n) is 3.37. The summed E-state index contributed by atoms with van der Waals surface area (Å²) in [5.74, 6) is -0.773. The first kappa shape index (κ1) is 11.7. The Balaban J connectivity index is 2.05. The Morgan fingerprint density at radius 1 is 0.810 bits per heavy atom. The van der Waals surface area contributed by atoms with Gasteiger partial charge in [0.15, 0.2) is 11.5 Å². The normalized spacial score (nSPS) is 16.0. The minimum absolute atomic E-state index is 0.219. The molecule has 1 aliphatic rings. The van der Waals surface area contributed by atoms with Crippen molar-refractivity contribution in [2.75, 3.05) is 0 Å². The second-order valence-electron chi connectivity index (χ2n) is 4.66. The van der Waals surface area contributed by atoms with Crippen LogP contribution in [0.5, 0.6) is 11.5 Å². The molecule has 0 atom stereocenters. The summed E-state index contributed by atoms with van der Waals surface area (Å²) >= 11 is 0. The summed E-state index contributed by atoms with van der Waals surface area (Å²) in [6.45, 7) is 0. The highest BCUT2D eigenvalue weighted by Gasteiger charge is 2.20. The highest BCUT2D eigenvalue weighted by molar-refractivity contribution is 6.11. The molecule has 0 saturated heterocycles. The average Bonchev–Trinajstić information content (AvgIpc) is 2.85. The summed E-state index contributed by atoms with van der Waals surface area (Å²) < 4.78 is 10.5. The van der Waals surface area contributed by atoms with Gasteiger partial charge in [0.25, 0.3) is 0 Å². The first-order valence-electron chi connectivity index (χ1n) is 6.37. The number of carbonyl (C=O) groups excluding carboxylic acids is 2. The summed E-state index contributed by atoms with van der Waals surface area (Å²) in [6, 6.07) is 11.2. The maximum Gasteiger partial charge on any atom is 0.336 e. The molecular formula is C16H9NO4. The summed E-state index contributed by atoms with van der Waals surface area (Å²) in [4.78, 5) is 26.4. The van der Waals surface area contributed by atoms with E-state index in [4.69, 9.17) is 9.47 Å². The van der Waals surface area contributed by atoms with E-state index in [0.29, 0.717) is 5.52 Å². The Morgan fingerprint density at radius 3 is 2.43 bits per heavy atom. The second-order valence-corrected chi connectivity index (χ2v) is 4.66. The van der Waals surface area contributed by atoms with Crippen molar-refractivity contribution in [3.05, 3.63) is 48.6 Å². The molecular weight excluding hydrogens is 270 g/mol. The van der Waals surface area contributed by atoms with Gasteiger partial charge >= 0.3 is 11.9 Å². The Bertz CT molecular complexity index is 936. The van der Waals surface area contributed by atoms with E-state index in [1.165, 1.54) is 0 Å². The van der Waals surface area contributed by atoms with Gasteiger partial charge in [0.05, 0.1) is 5.52 Å². The lowest BCUT2D eigenvalue weighted by Gasteiger charge is -2.11. The number of hydrogen-bond acceptors (Lipinski definition) is 4. The zero-order valence-electron chi connectivity index (χ0n) is 10.8. The largest absolute Gasteiger partial charge is 0.419 e. The van der Waals surface area contributed by atoms with Crippen LogP contribution >= 0.6 is 0 Å². The molecule has 0 spiro atoms. The number of aromatic nitrogens is 1. The van der Waals surface area contributed by atoms with E-state index in [2.05, 4.69) is 4.98 Å². The predicted molar refractivity (Wildman–Crippen MR) is 76.2 cm³/mol. The fourth-order valence-electron chi connectivity index (χ4n) is 2.47. The minimum atomic E-state index is -0.612. The standard InChI is InChI=1S/C16H9NO4/c18-13-7-8-14(19)21-16-12(20-13)6-5-10-9-3-1-2-4-11(9)17-15(10)16/h1-8,17H/b8-7-. The van der Waals surface area contributed by atoms with Gasteiger partial charge in [0, 0.05) is 28.4 Å². The molecule has 1 aromatic heterocycles. The molecule has 0 bridgehead atoms. The van der Waals surface area contributed by atoms with Gasteiger partial charge < -0.3 is 14.5 Å². The quantitative estimate of drug-likeness (QED) is 0.507. The van der Waals surface area contributed by atoms with Crippen molar-refractivity contribution in [3.8, 4) is 11.5 Å². The molecule has 2 heterocycles. The smallest absolute Gasteiger partial charge is 0.336 e. The van der Waals surface area contributed by atoms with Crippen LogP contribution in [-0.4, -0.2) is 16.9 Å². The van der Waals surface area contributed by atoms with Crippen molar-refractivity contribution in [2.24, 2.45) is 0 Å². The molecule has 0 radical (unpaired) electrons. The molecule has 5 nitrogen and oxygen atoms in total.